The third-order valence-corrected chi connectivity index (χ3v) is 20.9. The zero-order valence-electron chi connectivity index (χ0n) is 39.5. The Hall–Kier alpha value is -8.72. The summed E-state index contributed by atoms with van der Waals surface area (Å²) in [6.07, 6.45) is 0. The smallest absolute Gasteiger partial charge is 0.173 e. The maximum atomic E-state index is 17.3. The molecule has 3 aromatic heterocycles. The zero-order valence-corrected chi connectivity index (χ0v) is 41.3. The van der Waals surface area contributed by atoms with Gasteiger partial charge >= 0.3 is 0 Å². The summed E-state index contributed by atoms with van der Waals surface area (Å²) in [4.78, 5) is 0. The van der Waals surface area contributed by atoms with E-state index in [9.17, 15) is 0 Å². The Balaban J connectivity index is 1.13. The van der Waals surface area contributed by atoms with Crippen molar-refractivity contribution in [1.29, 1.82) is 0 Å². The molecule has 11 aromatic carbocycles. The largest absolute Gasteiger partial charge is 0.309 e. The third-order valence-electron chi connectivity index (χ3n) is 14.8. The van der Waals surface area contributed by atoms with E-state index in [0.717, 1.165) is 104 Å². The topological polar surface area (TPSA) is 48.9 Å². The molecule has 0 saturated heterocycles. The van der Waals surface area contributed by atoms with E-state index < -0.39 is 14.3 Å². The second-order valence-corrected chi connectivity index (χ2v) is 24.2. The van der Waals surface area contributed by atoms with Gasteiger partial charge in [-0.15, -0.1) is 0 Å². The first-order chi connectivity index (χ1) is 36.0. The molecule has 0 amide bonds. The molecule has 0 bridgehead atoms. The van der Waals surface area contributed by atoms with Gasteiger partial charge in [0.05, 0.1) is 33.1 Å². The number of hydrogen-bond donors (Lipinski definition) is 0. The van der Waals surface area contributed by atoms with Gasteiger partial charge in [-0.05, 0) is 78.9 Å². The van der Waals surface area contributed by atoms with E-state index in [1.54, 1.807) is 0 Å². The summed E-state index contributed by atoms with van der Waals surface area (Å²) in [5.41, 5.74) is 8.95. The van der Waals surface area contributed by atoms with Gasteiger partial charge in [-0.2, -0.15) is 0 Å². The number of aromatic nitrogens is 3. The number of rotatable bonds is 9. The molecule has 14 aromatic rings. The van der Waals surface area contributed by atoms with E-state index >= 15 is 9.13 Å². The highest BCUT2D eigenvalue weighted by Gasteiger charge is 2.35. The quantitative estimate of drug-likeness (QED) is 0.135. The number of para-hydroxylation sites is 4. The monoisotopic (exact) mass is 973 g/mol. The van der Waals surface area contributed by atoms with Crippen molar-refractivity contribution in [3.8, 4) is 17.1 Å². The standard InChI is InChI=1S/C66H45N3O2P2/c70-72(49-21-5-1-6-22-49,50-23-7-2-8-24-50)53-40-37-46(38-41-53)69-64-42-39-47(67-60-33-17-13-29-54(60)55-30-14-18-34-61(55)67)43-58(64)59-44-48(68-62-35-19-15-31-56(62)57-32-16-20-36-63(57)68)45-65(66(59)69)73(71,51-25-9-3-10-26-51)52-27-11-4-12-28-52/h1-45H. The molecule has 0 spiro atoms. The number of fused-ring (bicyclic) bond motifs is 9. The van der Waals surface area contributed by atoms with Crippen molar-refractivity contribution in [3.05, 3.63) is 273 Å². The highest BCUT2D eigenvalue weighted by molar-refractivity contribution is 7.86. The normalized spacial score (nSPS) is 12.2. The average molecular weight is 974 g/mol. The summed E-state index contributed by atoms with van der Waals surface area (Å²) < 4.78 is 40.1. The van der Waals surface area contributed by atoms with E-state index in [4.69, 9.17) is 0 Å². The number of benzene rings is 11. The Bertz CT molecular complexity index is 4350. The molecule has 0 unspecified atom stereocenters. The van der Waals surface area contributed by atoms with Crippen LogP contribution in [0, 0.1) is 0 Å². The van der Waals surface area contributed by atoms with Gasteiger partial charge in [-0.25, -0.2) is 0 Å². The maximum Gasteiger partial charge on any atom is 0.173 e. The van der Waals surface area contributed by atoms with Crippen LogP contribution in [0.25, 0.3) is 82.5 Å². The average Bonchev–Trinajstić information content (AvgIpc) is 4.11. The molecule has 0 aliphatic heterocycles. The summed E-state index contributed by atoms with van der Waals surface area (Å²) in [6, 6.07) is 93.4. The van der Waals surface area contributed by atoms with Crippen LogP contribution in [0.15, 0.2) is 273 Å². The summed E-state index contributed by atoms with van der Waals surface area (Å²) in [5.74, 6) is 0. The van der Waals surface area contributed by atoms with E-state index in [2.05, 4.69) is 153 Å². The van der Waals surface area contributed by atoms with Crippen LogP contribution < -0.4 is 31.8 Å². The molecule has 5 nitrogen and oxygen atoms in total. The predicted octanol–water partition coefficient (Wildman–Crippen LogP) is 14.3. The summed E-state index contributed by atoms with van der Waals surface area (Å²) in [5, 5.41) is 11.1. The molecule has 0 fully saturated rings. The second kappa shape index (κ2) is 17.0. The molecule has 0 atom stereocenters. The molecule has 0 saturated carbocycles. The first-order valence-electron chi connectivity index (χ1n) is 24.6. The third kappa shape index (κ3) is 6.56. The van der Waals surface area contributed by atoms with Crippen LogP contribution in [0.5, 0.6) is 0 Å². The van der Waals surface area contributed by atoms with Crippen LogP contribution in [-0.4, -0.2) is 13.7 Å². The molecule has 3 heterocycles. The minimum Gasteiger partial charge on any atom is -0.309 e. The minimum atomic E-state index is -3.70. The van der Waals surface area contributed by atoms with E-state index in [1.165, 1.54) is 10.8 Å². The Labute approximate surface area is 422 Å². The molecule has 73 heavy (non-hydrogen) atoms. The molecule has 0 radical (unpaired) electrons. The maximum absolute atomic E-state index is 17.3. The van der Waals surface area contributed by atoms with Crippen molar-refractivity contribution in [2.75, 3.05) is 0 Å². The first-order valence-corrected chi connectivity index (χ1v) is 28.0. The van der Waals surface area contributed by atoms with Gasteiger partial charge < -0.3 is 22.8 Å². The molecular formula is C66H45N3O2P2. The fraction of sp³-hybridized carbons (Fsp3) is 0. The summed E-state index contributed by atoms with van der Waals surface area (Å²) in [6.45, 7) is 0. The Kier molecular flexibility index (Phi) is 10.0. The van der Waals surface area contributed by atoms with Gasteiger partial charge in [0.1, 0.15) is 0 Å². The van der Waals surface area contributed by atoms with Gasteiger partial charge in [-0.1, -0.05) is 194 Å². The van der Waals surface area contributed by atoms with Crippen molar-refractivity contribution >= 4 is 112 Å². The van der Waals surface area contributed by atoms with E-state index in [-0.39, 0.29) is 0 Å². The molecule has 14 rings (SSSR count). The van der Waals surface area contributed by atoms with Crippen molar-refractivity contribution in [2.24, 2.45) is 0 Å². The Morgan fingerprint density at radius 1 is 0.233 bits per heavy atom. The lowest BCUT2D eigenvalue weighted by molar-refractivity contribution is 0.591. The van der Waals surface area contributed by atoms with E-state index in [0.29, 0.717) is 0 Å². The Morgan fingerprint density at radius 2 is 0.562 bits per heavy atom. The van der Waals surface area contributed by atoms with Gasteiger partial charge in [0, 0.05) is 81.2 Å². The van der Waals surface area contributed by atoms with E-state index in [1.807, 2.05) is 133 Å². The van der Waals surface area contributed by atoms with Crippen LogP contribution in [-0.2, 0) is 9.13 Å². The minimum absolute atomic E-state index is 0.720. The van der Waals surface area contributed by atoms with Crippen LogP contribution in [0.4, 0.5) is 0 Å². The highest BCUT2D eigenvalue weighted by Crippen LogP contribution is 2.49. The number of hydrogen-bond acceptors (Lipinski definition) is 2. The van der Waals surface area contributed by atoms with Crippen molar-refractivity contribution in [3.63, 3.8) is 0 Å². The zero-order chi connectivity index (χ0) is 48.7. The van der Waals surface area contributed by atoms with Crippen molar-refractivity contribution in [2.45, 2.75) is 0 Å². The van der Waals surface area contributed by atoms with Crippen molar-refractivity contribution in [1.82, 2.24) is 13.7 Å². The van der Waals surface area contributed by atoms with Crippen LogP contribution in [0.1, 0.15) is 0 Å². The lowest BCUT2D eigenvalue weighted by Crippen LogP contribution is -2.27. The lowest BCUT2D eigenvalue weighted by Gasteiger charge is -2.24. The lowest BCUT2D eigenvalue weighted by atomic mass is 10.1. The molecular weight excluding hydrogens is 929 g/mol. The molecule has 346 valence electrons. The summed E-state index contributed by atoms with van der Waals surface area (Å²) >= 11 is 0. The van der Waals surface area contributed by atoms with Crippen LogP contribution >= 0.6 is 14.3 Å². The van der Waals surface area contributed by atoms with Gasteiger partial charge in [0.25, 0.3) is 0 Å². The summed E-state index contributed by atoms with van der Waals surface area (Å²) in [7, 11) is -6.99. The molecule has 0 N–H and O–H groups in total. The van der Waals surface area contributed by atoms with Gasteiger partial charge in [0.15, 0.2) is 14.3 Å². The Morgan fingerprint density at radius 3 is 1.00 bits per heavy atom. The highest BCUT2D eigenvalue weighted by atomic mass is 31.2. The molecule has 0 aliphatic rings. The van der Waals surface area contributed by atoms with Gasteiger partial charge in [0.2, 0.25) is 0 Å². The van der Waals surface area contributed by atoms with Crippen LogP contribution in [0.2, 0.25) is 0 Å². The second-order valence-electron chi connectivity index (χ2n) is 18.7. The van der Waals surface area contributed by atoms with Crippen molar-refractivity contribution < 1.29 is 9.13 Å². The first kappa shape index (κ1) is 43.1. The van der Waals surface area contributed by atoms with Gasteiger partial charge in [-0.3, -0.25) is 0 Å². The molecule has 7 heteroatoms. The molecule has 0 aliphatic carbocycles. The fourth-order valence-corrected chi connectivity index (χ4v) is 17.0. The predicted molar refractivity (Wildman–Crippen MR) is 308 cm³/mol. The van der Waals surface area contributed by atoms with Crippen LogP contribution in [0.3, 0.4) is 0 Å². The number of nitrogens with zero attached hydrogens (tertiary/aromatic N) is 3. The fourth-order valence-electron chi connectivity index (χ4n) is 11.5. The SMILES string of the molecule is O=P(c1ccccc1)(c1ccccc1)c1ccc(-n2c3ccc(-n4c5ccccc5c5ccccc54)cc3c3cc(-n4c5ccccc5c5ccccc54)cc(P(=O)(c4ccccc4)c4ccccc4)c32)cc1.